The molecule has 2 aromatic heterocycles. The smallest absolute Gasteiger partial charge is 0.174 e. The van der Waals surface area contributed by atoms with E-state index in [1.54, 1.807) is 0 Å². The van der Waals surface area contributed by atoms with Crippen LogP contribution in [0.1, 0.15) is 23.5 Å². The third-order valence-electron chi connectivity index (χ3n) is 5.39. The van der Waals surface area contributed by atoms with Gasteiger partial charge in [0, 0.05) is 39.0 Å². The monoisotopic (exact) mass is 508 g/mol. The van der Waals surface area contributed by atoms with Gasteiger partial charge in [-0.2, -0.15) is 0 Å². The largest absolute Gasteiger partial charge is 0.351 e. The molecule has 0 radical (unpaired) electrons. The van der Waals surface area contributed by atoms with Crippen molar-refractivity contribution in [3.8, 4) is 5.69 Å². The summed E-state index contributed by atoms with van der Waals surface area (Å²) in [5.41, 5.74) is 4.11. The molecule has 5 rings (SSSR count). The molecule has 1 N–H and O–H groups in total. The van der Waals surface area contributed by atoms with Gasteiger partial charge in [0.1, 0.15) is 6.04 Å². The Morgan fingerprint density at radius 3 is 2.35 bits per heavy atom. The van der Waals surface area contributed by atoms with Gasteiger partial charge >= 0.3 is 0 Å². The van der Waals surface area contributed by atoms with E-state index < -0.39 is 0 Å². The van der Waals surface area contributed by atoms with E-state index in [0.717, 1.165) is 27.2 Å². The number of hydrogen-bond donors (Lipinski definition) is 1. The lowest BCUT2D eigenvalue weighted by Gasteiger charge is -2.29. The summed E-state index contributed by atoms with van der Waals surface area (Å²) in [5.74, 6) is 0. The second-order valence-electron chi connectivity index (χ2n) is 7.25. The molecule has 1 fully saturated rings. The zero-order valence-corrected chi connectivity index (χ0v) is 19.5. The van der Waals surface area contributed by atoms with Crippen molar-refractivity contribution in [2.24, 2.45) is 0 Å². The fourth-order valence-corrected chi connectivity index (χ4v) is 4.74. The summed E-state index contributed by atoms with van der Waals surface area (Å²) < 4.78 is 3.24. The van der Waals surface area contributed by atoms with Gasteiger partial charge in [-0.25, -0.2) is 0 Å². The summed E-state index contributed by atoms with van der Waals surface area (Å²) in [6.45, 7) is 0. The number of thiocarbonyl (C=S) groups is 1. The SMILES string of the molecule is S=C1N[C@H](c2ccccn2)[C@H](c2cccn2-c2ccc(Br)cc2)N1c1ccc(Cl)cc1. The first kappa shape index (κ1) is 20.2. The molecule has 4 aromatic rings. The predicted octanol–water partition coefficient (Wildman–Crippen LogP) is 6.47. The minimum Gasteiger partial charge on any atom is -0.351 e. The van der Waals surface area contributed by atoms with Gasteiger partial charge in [0.05, 0.1) is 11.7 Å². The first-order valence-corrected chi connectivity index (χ1v) is 11.4. The number of nitrogens with zero attached hydrogens (tertiary/aromatic N) is 3. The van der Waals surface area contributed by atoms with Crippen molar-refractivity contribution in [2.45, 2.75) is 12.1 Å². The van der Waals surface area contributed by atoms with E-state index in [2.05, 4.69) is 66.2 Å². The van der Waals surface area contributed by atoms with Gasteiger partial charge in [0.15, 0.2) is 5.11 Å². The molecule has 0 saturated carbocycles. The quantitative estimate of drug-likeness (QED) is 0.320. The Kier molecular flexibility index (Phi) is 5.52. The van der Waals surface area contributed by atoms with Gasteiger partial charge in [0.2, 0.25) is 0 Å². The van der Waals surface area contributed by atoms with Crippen molar-refractivity contribution in [3.63, 3.8) is 0 Å². The highest BCUT2D eigenvalue weighted by molar-refractivity contribution is 9.10. The van der Waals surface area contributed by atoms with E-state index in [1.807, 2.05) is 60.8 Å². The van der Waals surface area contributed by atoms with Crippen LogP contribution in [0.2, 0.25) is 5.02 Å². The first-order chi connectivity index (χ1) is 15.1. The van der Waals surface area contributed by atoms with Crippen molar-refractivity contribution in [1.82, 2.24) is 14.9 Å². The van der Waals surface area contributed by atoms with E-state index in [9.17, 15) is 0 Å². The number of benzene rings is 2. The lowest BCUT2D eigenvalue weighted by atomic mass is 10.0. The van der Waals surface area contributed by atoms with Gasteiger partial charge in [-0.1, -0.05) is 33.6 Å². The predicted molar refractivity (Wildman–Crippen MR) is 133 cm³/mol. The molecule has 1 aliphatic rings. The molecule has 2 aromatic carbocycles. The number of pyridine rings is 1. The summed E-state index contributed by atoms with van der Waals surface area (Å²) in [7, 11) is 0. The van der Waals surface area contributed by atoms with Crippen molar-refractivity contribution >= 4 is 50.5 Å². The van der Waals surface area contributed by atoms with Crippen LogP contribution in [0.25, 0.3) is 5.69 Å². The van der Waals surface area contributed by atoms with Crippen LogP contribution in [0.4, 0.5) is 5.69 Å². The molecule has 3 heterocycles. The van der Waals surface area contributed by atoms with Crippen LogP contribution in [0.15, 0.2) is 95.7 Å². The minimum absolute atomic E-state index is 0.0952. The van der Waals surface area contributed by atoms with Crippen molar-refractivity contribution in [1.29, 1.82) is 0 Å². The normalized spacial score (nSPS) is 18.3. The Morgan fingerprint density at radius 2 is 1.65 bits per heavy atom. The minimum atomic E-state index is -0.103. The Bertz CT molecular complexity index is 1210. The number of anilines is 1. The Morgan fingerprint density at radius 1 is 0.903 bits per heavy atom. The average molecular weight is 510 g/mol. The molecule has 31 heavy (non-hydrogen) atoms. The van der Waals surface area contributed by atoms with Crippen LogP contribution in [0.5, 0.6) is 0 Å². The highest BCUT2D eigenvalue weighted by Crippen LogP contribution is 2.42. The lowest BCUT2D eigenvalue weighted by molar-refractivity contribution is 0.549. The van der Waals surface area contributed by atoms with Crippen molar-refractivity contribution < 1.29 is 0 Å². The summed E-state index contributed by atoms with van der Waals surface area (Å²) in [6.07, 6.45) is 3.89. The third kappa shape index (κ3) is 3.87. The fourth-order valence-electron chi connectivity index (χ4n) is 4.01. The molecular formula is C24H18BrClN4S. The molecule has 0 bridgehead atoms. The molecule has 4 nitrogen and oxygen atoms in total. The van der Waals surface area contributed by atoms with E-state index in [4.69, 9.17) is 23.8 Å². The summed E-state index contributed by atoms with van der Waals surface area (Å²) in [6, 6.07) is 26.0. The van der Waals surface area contributed by atoms with Gasteiger partial charge in [-0.05, 0) is 85.0 Å². The standard InChI is InChI=1S/C24H18BrClN4S/c25-16-6-10-18(11-7-16)29-15-3-5-21(29)23-22(20-4-1-2-14-27-20)28-24(31)30(23)19-12-8-17(26)9-13-19/h1-15,22-23H,(H,28,31)/t22-,23+/m1/s1. The maximum absolute atomic E-state index is 6.15. The van der Waals surface area contributed by atoms with Crippen LogP contribution in [0.3, 0.4) is 0 Å². The zero-order chi connectivity index (χ0) is 21.4. The Labute approximate surface area is 199 Å². The van der Waals surface area contributed by atoms with Crippen LogP contribution >= 0.6 is 39.7 Å². The first-order valence-electron chi connectivity index (χ1n) is 9.81. The van der Waals surface area contributed by atoms with Crippen molar-refractivity contribution in [2.75, 3.05) is 4.90 Å². The Balaban J connectivity index is 1.66. The highest BCUT2D eigenvalue weighted by Gasteiger charge is 2.42. The molecule has 0 unspecified atom stereocenters. The van der Waals surface area contributed by atoms with Gasteiger partial charge in [-0.15, -0.1) is 0 Å². The maximum atomic E-state index is 6.15. The molecule has 0 spiro atoms. The number of hydrogen-bond acceptors (Lipinski definition) is 2. The summed E-state index contributed by atoms with van der Waals surface area (Å²) in [4.78, 5) is 6.77. The van der Waals surface area contributed by atoms with E-state index in [0.29, 0.717) is 10.1 Å². The van der Waals surface area contributed by atoms with Crippen LogP contribution in [-0.2, 0) is 0 Å². The molecule has 0 amide bonds. The number of rotatable bonds is 4. The number of aromatic nitrogens is 2. The highest BCUT2D eigenvalue weighted by atomic mass is 79.9. The molecule has 0 aliphatic carbocycles. The number of halogens is 2. The van der Waals surface area contributed by atoms with Crippen LogP contribution < -0.4 is 10.2 Å². The average Bonchev–Trinajstić information content (AvgIpc) is 3.40. The van der Waals surface area contributed by atoms with Gasteiger partial charge in [0.25, 0.3) is 0 Å². The van der Waals surface area contributed by atoms with Gasteiger partial charge < -0.3 is 14.8 Å². The van der Waals surface area contributed by atoms with E-state index in [1.165, 1.54) is 0 Å². The lowest BCUT2D eigenvalue weighted by Crippen LogP contribution is -2.30. The number of nitrogens with one attached hydrogen (secondary N) is 1. The fraction of sp³-hybridized carbons (Fsp3) is 0.0833. The molecule has 1 saturated heterocycles. The Hall–Kier alpha value is -2.67. The van der Waals surface area contributed by atoms with Gasteiger partial charge in [-0.3, -0.25) is 4.98 Å². The second kappa shape index (κ2) is 8.46. The van der Waals surface area contributed by atoms with E-state index >= 15 is 0 Å². The molecule has 2 atom stereocenters. The van der Waals surface area contributed by atoms with E-state index in [-0.39, 0.29) is 12.1 Å². The molecular weight excluding hydrogens is 492 g/mol. The molecule has 7 heteroatoms. The molecule has 154 valence electrons. The van der Waals surface area contributed by atoms with Crippen LogP contribution in [-0.4, -0.2) is 14.7 Å². The molecule has 1 aliphatic heterocycles. The second-order valence-corrected chi connectivity index (χ2v) is 8.99. The maximum Gasteiger partial charge on any atom is 0.174 e. The van der Waals surface area contributed by atoms with Crippen molar-refractivity contribution in [3.05, 3.63) is 112 Å². The summed E-state index contributed by atoms with van der Waals surface area (Å²) >= 11 is 15.5. The third-order valence-corrected chi connectivity index (χ3v) is 6.49. The topological polar surface area (TPSA) is 33.1 Å². The zero-order valence-electron chi connectivity index (χ0n) is 16.3. The summed E-state index contributed by atoms with van der Waals surface area (Å²) in [5, 5.41) is 4.85. The van der Waals surface area contributed by atoms with Crippen LogP contribution in [0, 0.1) is 0 Å².